The molecule has 0 spiro atoms. The molecule has 1 saturated carbocycles. The number of methoxy groups -OCH3 is 1. The quantitative estimate of drug-likeness (QED) is 0.358. The molecule has 4 rings (SSSR count). The molecule has 0 bridgehead atoms. The lowest BCUT2D eigenvalue weighted by molar-refractivity contribution is -0.140. The van der Waals surface area contributed by atoms with E-state index < -0.39 is 28.5 Å². The third kappa shape index (κ3) is 7.13. The van der Waals surface area contributed by atoms with Crippen LogP contribution >= 0.6 is 0 Å². The van der Waals surface area contributed by atoms with E-state index in [4.69, 9.17) is 4.74 Å². The monoisotopic (exact) mass is 565 g/mol. The van der Waals surface area contributed by atoms with Crippen molar-refractivity contribution in [3.63, 3.8) is 0 Å². The van der Waals surface area contributed by atoms with Crippen molar-refractivity contribution in [3.8, 4) is 5.75 Å². The van der Waals surface area contributed by atoms with Crippen LogP contribution in [0.15, 0.2) is 66.7 Å². The van der Waals surface area contributed by atoms with Crippen molar-refractivity contribution in [2.24, 2.45) is 0 Å². The second-order valence-electron chi connectivity index (χ2n) is 10.4. The molecule has 3 aromatic carbocycles. The first-order valence-corrected chi connectivity index (χ1v) is 15.7. The Morgan fingerprint density at radius 3 is 2.40 bits per heavy atom. The zero-order chi connectivity index (χ0) is 28.7. The van der Waals surface area contributed by atoms with Gasteiger partial charge in [-0.3, -0.25) is 13.9 Å². The molecule has 2 amide bonds. The van der Waals surface area contributed by atoms with Crippen molar-refractivity contribution >= 4 is 38.3 Å². The summed E-state index contributed by atoms with van der Waals surface area (Å²) in [6.07, 6.45) is 6.65. The lowest BCUT2D eigenvalue weighted by Crippen LogP contribution is -2.54. The molecule has 8 nitrogen and oxygen atoms in total. The van der Waals surface area contributed by atoms with Gasteiger partial charge in [-0.1, -0.05) is 74.7 Å². The number of hydrogen-bond donors (Lipinski definition) is 1. The molecular formula is C31H39N3O5S. The minimum absolute atomic E-state index is 0.0901. The van der Waals surface area contributed by atoms with Gasteiger partial charge in [-0.2, -0.15) is 0 Å². The second kappa shape index (κ2) is 13.2. The van der Waals surface area contributed by atoms with Crippen LogP contribution in [0.2, 0.25) is 0 Å². The van der Waals surface area contributed by atoms with Crippen LogP contribution < -0.4 is 14.4 Å². The summed E-state index contributed by atoms with van der Waals surface area (Å²) in [7, 11) is -2.26. The number of nitrogens with zero attached hydrogens (tertiary/aromatic N) is 2. The molecule has 1 fully saturated rings. The molecule has 214 valence electrons. The second-order valence-corrected chi connectivity index (χ2v) is 12.3. The van der Waals surface area contributed by atoms with Crippen molar-refractivity contribution < 1.29 is 22.7 Å². The van der Waals surface area contributed by atoms with Gasteiger partial charge in [-0.25, -0.2) is 8.42 Å². The molecule has 0 saturated heterocycles. The Kier molecular flexibility index (Phi) is 9.68. The maximum absolute atomic E-state index is 14.1. The first-order valence-electron chi connectivity index (χ1n) is 13.9. The molecule has 0 aromatic heterocycles. The first-order chi connectivity index (χ1) is 19.2. The Balaban J connectivity index is 1.68. The highest BCUT2D eigenvalue weighted by Crippen LogP contribution is 2.29. The van der Waals surface area contributed by atoms with Gasteiger partial charge in [-0.05, 0) is 48.4 Å². The number of carbonyl (C=O) groups excluding carboxylic acids is 2. The van der Waals surface area contributed by atoms with Crippen molar-refractivity contribution in [3.05, 3.63) is 72.3 Å². The van der Waals surface area contributed by atoms with E-state index in [-0.39, 0.29) is 18.5 Å². The summed E-state index contributed by atoms with van der Waals surface area (Å²) in [4.78, 5) is 29.2. The smallest absolute Gasteiger partial charge is 0.244 e. The topological polar surface area (TPSA) is 96.0 Å². The van der Waals surface area contributed by atoms with E-state index in [1.165, 1.54) is 11.3 Å². The van der Waals surface area contributed by atoms with E-state index in [9.17, 15) is 18.0 Å². The summed E-state index contributed by atoms with van der Waals surface area (Å²) in [5.41, 5.74) is 1.21. The molecule has 0 radical (unpaired) electrons. The van der Waals surface area contributed by atoms with Crippen molar-refractivity contribution in [2.75, 3.05) is 24.2 Å². The standard InChI is InChI=1S/C31H39N3O5S/c1-4-28(31(36)32-25-15-6-5-7-16-25)33(21-23-12-10-17-26(20-23)39-2)30(35)22-34(40(3,37)38)29-19-11-14-24-13-8-9-18-27(24)29/h8-14,17-20,25,28H,4-7,15-16,21-22H2,1-3H3,(H,32,36)/t28-/m1/s1. The van der Waals surface area contributed by atoms with Gasteiger partial charge >= 0.3 is 0 Å². The molecule has 0 heterocycles. The summed E-state index contributed by atoms with van der Waals surface area (Å²) >= 11 is 0. The summed E-state index contributed by atoms with van der Waals surface area (Å²) in [5.74, 6) is -0.0216. The van der Waals surface area contributed by atoms with Gasteiger partial charge in [0.1, 0.15) is 18.3 Å². The van der Waals surface area contributed by atoms with E-state index >= 15 is 0 Å². The Hall–Kier alpha value is -3.59. The van der Waals surface area contributed by atoms with Crippen LogP contribution in [-0.4, -0.2) is 57.1 Å². The van der Waals surface area contributed by atoms with E-state index in [1.54, 1.807) is 19.2 Å². The zero-order valence-corrected chi connectivity index (χ0v) is 24.3. The zero-order valence-electron chi connectivity index (χ0n) is 23.5. The highest BCUT2D eigenvalue weighted by atomic mass is 32.2. The molecule has 1 aliphatic carbocycles. The van der Waals surface area contributed by atoms with Gasteiger partial charge in [0, 0.05) is 18.0 Å². The Labute approximate surface area is 237 Å². The van der Waals surface area contributed by atoms with Crippen molar-refractivity contribution in [2.45, 2.75) is 64.1 Å². The molecule has 0 aliphatic heterocycles. The average molecular weight is 566 g/mol. The Morgan fingerprint density at radius 2 is 1.70 bits per heavy atom. The van der Waals surface area contributed by atoms with E-state index in [0.717, 1.165) is 52.6 Å². The number of benzene rings is 3. The Morgan fingerprint density at radius 1 is 1.00 bits per heavy atom. The summed E-state index contributed by atoms with van der Waals surface area (Å²) < 4.78 is 32.7. The van der Waals surface area contributed by atoms with Crippen molar-refractivity contribution in [1.82, 2.24) is 10.2 Å². The van der Waals surface area contributed by atoms with Crippen LogP contribution in [0.5, 0.6) is 5.75 Å². The maximum Gasteiger partial charge on any atom is 0.244 e. The van der Waals surface area contributed by atoms with E-state index in [2.05, 4.69) is 5.32 Å². The number of carbonyl (C=O) groups is 2. The number of nitrogens with one attached hydrogen (secondary N) is 1. The van der Waals surface area contributed by atoms with Gasteiger partial charge in [0.05, 0.1) is 19.1 Å². The van der Waals surface area contributed by atoms with Crippen LogP contribution in [0.4, 0.5) is 5.69 Å². The van der Waals surface area contributed by atoms with Crippen LogP contribution in [0, 0.1) is 0 Å². The molecule has 0 unspecified atom stereocenters. The van der Waals surface area contributed by atoms with Crippen molar-refractivity contribution in [1.29, 1.82) is 0 Å². The predicted molar refractivity (Wildman–Crippen MR) is 159 cm³/mol. The summed E-state index contributed by atoms with van der Waals surface area (Å²) in [5, 5.41) is 4.76. The number of hydrogen-bond acceptors (Lipinski definition) is 5. The molecule has 40 heavy (non-hydrogen) atoms. The molecule has 1 N–H and O–H groups in total. The fourth-order valence-electron chi connectivity index (χ4n) is 5.45. The molecule has 9 heteroatoms. The van der Waals surface area contributed by atoms with Crippen LogP contribution in [0.1, 0.15) is 51.0 Å². The molecular weight excluding hydrogens is 526 g/mol. The van der Waals surface area contributed by atoms with E-state index in [1.807, 2.05) is 61.5 Å². The fraction of sp³-hybridized carbons (Fsp3) is 0.419. The normalized spacial score (nSPS) is 14.9. The number of sulfonamides is 1. The number of anilines is 1. The number of ether oxygens (including phenoxy) is 1. The van der Waals surface area contributed by atoms with Gasteiger partial charge in [0.25, 0.3) is 0 Å². The van der Waals surface area contributed by atoms with E-state index in [0.29, 0.717) is 17.9 Å². The average Bonchev–Trinajstić information content (AvgIpc) is 2.95. The van der Waals surface area contributed by atoms with Crippen LogP contribution in [0.3, 0.4) is 0 Å². The number of fused-ring (bicyclic) bond motifs is 1. The largest absolute Gasteiger partial charge is 0.497 e. The van der Waals surface area contributed by atoms with Crippen LogP contribution in [-0.2, 0) is 26.2 Å². The maximum atomic E-state index is 14.1. The Bertz CT molecular complexity index is 1430. The van der Waals surface area contributed by atoms with Gasteiger partial charge < -0.3 is 15.0 Å². The predicted octanol–water partition coefficient (Wildman–Crippen LogP) is 4.87. The first kappa shape index (κ1) is 29.4. The molecule has 3 aromatic rings. The minimum Gasteiger partial charge on any atom is -0.497 e. The summed E-state index contributed by atoms with van der Waals surface area (Å²) in [6.45, 7) is 1.58. The SMILES string of the molecule is CC[C@H](C(=O)NC1CCCCC1)N(Cc1cccc(OC)c1)C(=O)CN(c1cccc2ccccc12)S(C)(=O)=O. The third-order valence-electron chi connectivity index (χ3n) is 7.54. The van der Waals surface area contributed by atoms with Gasteiger partial charge in [0.15, 0.2) is 0 Å². The fourth-order valence-corrected chi connectivity index (χ4v) is 6.31. The number of rotatable bonds is 11. The number of amides is 2. The highest BCUT2D eigenvalue weighted by Gasteiger charge is 2.33. The third-order valence-corrected chi connectivity index (χ3v) is 8.67. The lowest BCUT2D eigenvalue weighted by Gasteiger charge is -2.34. The molecule has 1 aliphatic rings. The van der Waals surface area contributed by atoms with Gasteiger partial charge in [-0.15, -0.1) is 0 Å². The molecule has 1 atom stereocenters. The van der Waals surface area contributed by atoms with Crippen LogP contribution in [0.25, 0.3) is 10.8 Å². The minimum atomic E-state index is -3.83. The summed E-state index contributed by atoms with van der Waals surface area (Å²) in [6, 6.07) is 19.5. The van der Waals surface area contributed by atoms with Gasteiger partial charge in [0.2, 0.25) is 21.8 Å². The highest BCUT2D eigenvalue weighted by molar-refractivity contribution is 7.92. The lowest BCUT2D eigenvalue weighted by atomic mass is 9.95.